The predicted octanol–water partition coefficient (Wildman–Crippen LogP) is 1.20. The molecule has 0 saturated heterocycles. The first-order valence-corrected chi connectivity index (χ1v) is 4.93. The van der Waals surface area contributed by atoms with Gasteiger partial charge in [0.1, 0.15) is 11.3 Å². The van der Waals surface area contributed by atoms with Gasteiger partial charge in [-0.2, -0.15) is 5.10 Å². The lowest BCUT2D eigenvalue weighted by Crippen LogP contribution is -2.18. The van der Waals surface area contributed by atoms with Crippen molar-refractivity contribution in [3.05, 3.63) is 39.5 Å². The lowest BCUT2D eigenvalue weighted by Gasteiger charge is -1.97. The van der Waals surface area contributed by atoms with Crippen LogP contribution in [0.5, 0.6) is 0 Å². The van der Waals surface area contributed by atoms with Gasteiger partial charge in [0.2, 0.25) is 0 Å². The summed E-state index contributed by atoms with van der Waals surface area (Å²) in [6.07, 6.45) is 0. The quantitative estimate of drug-likeness (QED) is 0.799. The Hall–Kier alpha value is -1.95. The van der Waals surface area contributed by atoms with Gasteiger partial charge in [0.25, 0.3) is 5.56 Å². The van der Waals surface area contributed by atoms with Crippen molar-refractivity contribution in [2.45, 2.75) is 0 Å². The van der Waals surface area contributed by atoms with Gasteiger partial charge in [0.15, 0.2) is 0 Å². The Morgan fingerprint density at radius 1 is 1.53 bits per heavy atom. The SMILES string of the molecule is O=C(O)c1cc(-c2cccs2)n[nH]c1=O. The second-order valence-electron chi connectivity index (χ2n) is 2.78. The second kappa shape index (κ2) is 3.66. The lowest BCUT2D eigenvalue weighted by molar-refractivity contribution is 0.0694. The number of hydrogen-bond acceptors (Lipinski definition) is 4. The van der Waals surface area contributed by atoms with E-state index in [-0.39, 0.29) is 5.56 Å². The van der Waals surface area contributed by atoms with Crippen molar-refractivity contribution in [3.63, 3.8) is 0 Å². The van der Waals surface area contributed by atoms with Crippen molar-refractivity contribution in [2.75, 3.05) is 0 Å². The van der Waals surface area contributed by atoms with Crippen LogP contribution in [0.2, 0.25) is 0 Å². The molecule has 2 N–H and O–H groups in total. The molecule has 76 valence electrons. The maximum atomic E-state index is 11.1. The first-order chi connectivity index (χ1) is 7.18. The number of nitrogens with one attached hydrogen (secondary N) is 1. The third-order valence-electron chi connectivity index (χ3n) is 1.81. The normalized spacial score (nSPS) is 10.1. The third kappa shape index (κ3) is 1.79. The van der Waals surface area contributed by atoms with Gasteiger partial charge in [0.05, 0.1) is 4.88 Å². The van der Waals surface area contributed by atoms with Gasteiger partial charge in [-0.05, 0) is 17.5 Å². The van der Waals surface area contributed by atoms with Crippen LogP contribution < -0.4 is 5.56 Å². The summed E-state index contributed by atoms with van der Waals surface area (Å²) in [6.45, 7) is 0. The smallest absolute Gasteiger partial charge is 0.341 e. The van der Waals surface area contributed by atoms with Crippen LogP contribution in [0.3, 0.4) is 0 Å². The van der Waals surface area contributed by atoms with E-state index in [0.717, 1.165) is 4.88 Å². The highest BCUT2D eigenvalue weighted by atomic mass is 32.1. The molecular formula is C9H6N2O3S. The zero-order chi connectivity index (χ0) is 10.8. The van der Waals surface area contributed by atoms with Crippen LogP contribution in [0, 0.1) is 0 Å². The summed E-state index contributed by atoms with van der Waals surface area (Å²) in [4.78, 5) is 22.6. The summed E-state index contributed by atoms with van der Waals surface area (Å²) < 4.78 is 0. The Bertz CT molecular complexity index is 545. The molecule has 5 nitrogen and oxygen atoms in total. The van der Waals surface area contributed by atoms with E-state index in [1.54, 1.807) is 6.07 Å². The maximum absolute atomic E-state index is 11.1. The topological polar surface area (TPSA) is 83.0 Å². The Labute approximate surface area is 88.0 Å². The van der Waals surface area contributed by atoms with Gasteiger partial charge >= 0.3 is 5.97 Å². The number of carbonyl (C=O) groups is 1. The highest BCUT2D eigenvalue weighted by Gasteiger charge is 2.11. The van der Waals surface area contributed by atoms with Crippen LogP contribution in [0.25, 0.3) is 10.6 Å². The largest absolute Gasteiger partial charge is 0.477 e. The molecule has 0 spiro atoms. The number of rotatable bonds is 2. The molecular weight excluding hydrogens is 216 g/mol. The minimum Gasteiger partial charge on any atom is -0.477 e. The van der Waals surface area contributed by atoms with E-state index in [0.29, 0.717) is 5.69 Å². The van der Waals surface area contributed by atoms with Crippen LogP contribution in [0.15, 0.2) is 28.4 Å². The van der Waals surface area contributed by atoms with Gasteiger partial charge in [-0.1, -0.05) is 6.07 Å². The number of aromatic nitrogens is 2. The molecule has 6 heteroatoms. The van der Waals surface area contributed by atoms with E-state index in [2.05, 4.69) is 10.2 Å². The lowest BCUT2D eigenvalue weighted by atomic mass is 10.2. The molecule has 0 saturated carbocycles. The van der Waals surface area contributed by atoms with Gasteiger partial charge < -0.3 is 5.11 Å². The van der Waals surface area contributed by atoms with Crippen molar-refractivity contribution < 1.29 is 9.90 Å². The molecule has 0 aliphatic heterocycles. The zero-order valence-electron chi connectivity index (χ0n) is 7.43. The average Bonchev–Trinajstić information content (AvgIpc) is 2.71. The number of aromatic carboxylic acids is 1. The first kappa shape index (κ1) is 9.60. The van der Waals surface area contributed by atoms with Crippen molar-refractivity contribution >= 4 is 17.3 Å². The molecule has 0 amide bonds. The third-order valence-corrected chi connectivity index (χ3v) is 2.70. The summed E-state index contributed by atoms with van der Waals surface area (Å²) in [7, 11) is 0. The number of nitrogens with zero attached hydrogens (tertiary/aromatic N) is 1. The summed E-state index contributed by atoms with van der Waals surface area (Å²) in [5.41, 5.74) is -0.529. The molecule has 0 fully saturated rings. The molecule has 2 rings (SSSR count). The summed E-state index contributed by atoms with van der Waals surface area (Å²) in [6, 6.07) is 4.90. The first-order valence-electron chi connectivity index (χ1n) is 4.05. The Balaban J connectivity index is 2.57. The van der Waals surface area contributed by atoms with Crippen LogP contribution in [-0.4, -0.2) is 21.3 Å². The van der Waals surface area contributed by atoms with Crippen LogP contribution in [0.1, 0.15) is 10.4 Å². The predicted molar refractivity (Wildman–Crippen MR) is 55.1 cm³/mol. The van der Waals surface area contributed by atoms with E-state index in [9.17, 15) is 9.59 Å². The molecule has 0 atom stereocenters. The van der Waals surface area contributed by atoms with Crippen LogP contribution >= 0.6 is 11.3 Å². The van der Waals surface area contributed by atoms with Gasteiger partial charge in [0, 0.05) is 0 Å². The molecule has 2 aromatic rings. The van der Waals surface area contributed by atoms with E-state index >= 15 is 0 Å². The molecule has 0 aliphatic carbocycles. The van der Waals surface area contributed by atoms with Crippen molar-refractivity contribution in [1.82, 2.24) is 10.2 Å². The van der Waals surface area contributed by atoms with E-state index < -0.39 is 11.5 Å². The number of thiophene rings is 1. The molecule has 0 radical (unpaired) electrons. The highest BCUT2D eigenvalue weighted by molar-refractivity contribution is 7.13. The Kier molecular flexibility index (Phi) is 2.34. The number of aromatic amines is 1. The molecule has 0 unspecified atom stereocenters. The van der Waals surface area contributed by atoms with E-state index in [1.165, 1.54) is 17.4 Å². The molecule has 0 bridgehead atoms. The number of carboxylic acid groups (broad SMARTS) is 1. The maximum Gasteiger partial charge on any atom is 0.341 e. The number of carboxylic acids is 1. The number of H-pyrrole nitrogens is 1. The molecule has 0 aliphatic rings. The fraction of sp³-hybridized carbons (Fsp3) is 0. The molecule has 2 heterocycles. The second-order valence-corrected chi connectivity index (χ2v) is 3.73. The standard InChI is InChI=1S/C9H6N2O3S/c12-8-5(9(13)14)4-6(10-11-8)7-2-1-3-15-7/h1-4H,(H,11,12)(H,13,14). The summed E-state index contributed by atoms with van der Waals surface area (Å²) >= 11 is 1.42. The van der Waals surface area contributed by atoms with Gasteiger partial charge in [-0.25, -0.2) is 9.89 Å². The van der Waals surface area contributed by atoms with Gasteiger partial charge in [-0.3, -0.25) is 4.79 Å². The monoisotopic (exact) mass is 222 g/mol. The van der Waals surface area contributed by atoms with Gasteiger partial charge in [-0.15, -0.1) is 11.3 Å². The minimum absolute atomic E-state index is 0.298. The van der Waals surface area contributed by atoms with Crippen molar-refractivity contribution in [3.8, 4) is 10.6 Å². The Morgan fingerprint density at radius 3 is 2.93 bits per heavy atom. The fourth-order valence-corrected chi connectivity index (χ4v) is 1.80. The van der Waals surface area contributed by atoms with Crippen molar-refractivity contribution in [2.24, 2.45) is 0 Å². The van der Waals surface area contributed by atoms with E-state index in [1.807, 2.05) is 11.4 Å². The summed E-state index contributed by atoms with van der Waals surface area (Å²) in [5.74, 6) is -1.25. The minimum atomic E-state index is -1.25. The molecule has 15 heavy (non-hydrogen) atoms. The van der Waals surface area contributed by atoms with Crippen molar-refractivity contribution in [1.29, 1.82) is 0 Å². The molecule has 0 aromatic carbocycles. The average molecular weight is 222 g/mol. The highest BCUT2D eigenvalue weighted by Crippen LogP contribution is 2.21. The van der Waals surface area contributed by atoms with Crippen LogP contribution in [0.4, 0.5) is 0 Å². The van der Waals surface area contributed by atoms with E-state index in [4.69, 9.17) is 5.11 Å². The zero-order valence-corrected chi connectivity index (χ0v) is 8.25. The fourth-order valence-electron chi connectivity index (χ4n) is 1.12. The molecule has 2 aromatic heterocycles. The Morgan fingerprint density at radius 2 is 2.33 bits per heavy atom. The summed E-state index contributed by atoms with van der Waals surface area (Å²) in [5, 5.41) is 16.5. The number of hydrogen-bond donors (Lipinski definition) is 2. The van der Waals surface area contributed by atoms with Crippen LogP contribution in [-0.2, 0) is 0 Å².